The number of carbonyl (C=O) groups is 2. The summed E-state index contributed by atoms with van der Waals surface area (Å²) in [5.74, 6) is -0.535. The minimum atomic E-state index is -2.72. The second-order valence-corrected chi connectivity index (χ2v) is 13.0. The van der Waals surface area contributed by atoms with E-state index in [1.807, 2.05) is 0 Å². The highest BCUT2D eigenvalue weighted by Crippen LogP contribution is 2.15. The van der Waals surface area contributed by atoms with E-state index in [2.05, 4.69) is 24.2 Å². The van der Waals surface area contributed by atoms with E-state index in [4.69, 9.17) is 0 Å². The first kappa shape index (κ1) is 45.9. The molecule has 0 unspecified atom stereocenters. The molecule has 0 bridgehead atoms. The normalized spacial score (nSPS) is 11.0. The van der Waals surface area contributed by atoms with Crippen LogP contribution in [0.15, 0.2) is 0 Å². The maximum atomic E-state index is 11.8. The summed E-state index contributed by atoms with van der Waals surface area (Å²) < 4.78 is 23.7. The monoisotopic (exact) mass is 647 g/mol. The Labute approximate surface area is 278 Å². The number of unbranched alkanes of at least 4 members (excludes halogenated alkanes) is 28. The van der Waals surface area contributed by atoms with Gasteiger partial charge in [0.2, 0.25) is 11.8 Å². The van der Waals surface area contributed by atoms with Gasteiger partial charge in [0.15, 0.2) is 0 Å². The van der Waals surface area contributed by atoms with Crippen molar-refractivity contribution in [3.63, 3.8) is 0 Å². The molecule has 2 amide bonds. The molecule has 0 radical (unpaired) electrons. The number of alkyl halides is 2. The number of halogens is 2. The minimum absolute atomic E-state index is 0.00260. The van der Waals surface area contributed by atoms with Crippen molar-refractivity contribution in [1.29, 1.82) is 0 Å². The van der Waals surface area contributed by atoms with Crippen LogP contribution in [0, 0.1) is 0 Å². The van der Waals surface area contributed by atoms with E-state index in [0.717, 1.165) is 32.1 Å². The molecule has 270 valence electrons. The molecule has 0 aliphatic heterocycles. The van der Waals surface area contributed by atoms with E-state index in [1.165, 1.54) is 168 Å². The number of hydrogen-bond acceptors (Lipinski definition) is 3. The zero-order valence-electron chi connectivity index (χ0n) is 30.2. The Kier molecular flexibility index (Phi) is 41.6. The molecule has 0 fully saturated rings. The van der Waals surface area contributed by atoms with Gasteiger partial charge in [-0.05, 0) is 12.8 Å². The van der Waals surface area contributed by atoms with Crippen LogP contribution in [0.4, 0.5) is 8.78 Å². The second kappa shape index (κ2) is 40.8. The lowest BCUT2D eigenvalue weighted by molar-refractivity contribution is -0.131. The summed E-state index contributed by atoms with van der Waals surface area (Å²) in [5.41, 5.74) is 2.36. The van der Waals surface area contributed by atoms with Gasteiger partial charge < -0.3 is 5.32 Å². The van der Waals surface area contributed by atoms with Gasteiger partial charge in [0.25, 0.3) is 0 Å². The van der Waals surface area contributed by atoms with Crippen LogP contribution in [-0.4, -0.2) is 25.5 Å². The van der Waals surface area contributed by atoms with Crippen LogP contribution in [0.5, 0.6) is 0 Å². The molecule has 0 aliphatic carbocycles. The first-order valence-corrected chi connectivity index (χ1v) is 19.4. The summed E-state index contributed by atoms with van der Waals surface area (Å²) >= 11 is 0. The Morgan fingerprint density at radius 1 is 0.444 bits per heavy atom. The maximum absolute atomic E-state index is 11.8. The first-order chi connectivity index (χ1) is 22.0. The number of carbonyl (C=O) groups excluding carboxylic acids is 2. The Balaban J connectivity index is 0. The van der Waals surface area contributed by atoms with Gasteiger partial charge in [-0.15, -0.1) is 0 Å². The summed E-state index contributed by atoms with van der Waals surface area (Å²) in [6.07, 6.45) is 40.0. The van der Waals surface area contributed by atoms with Crippen molar-refractivity contribution in [2.24, 2.45) is 0 Å². The number of hydroxylamine groups is 1. The van der Waals surface area contributed by atoms with Gasteiger partial charge in [-0.3, -0.25) is 14.4 Å². The SMILES string of the molecule is CCCCCCCCCCCCCCCCCC(=O)NC(F)F.CCCCCCCCCCCCCCCCCC(=O)NOC. The van der Waals surface area contributed by atoms with Crippen molar-refractivity contribution in [3.05, 3.63) is 0 Å². The van der Waals surface area contributed by atoms with Crippen molar-refractivity contribution in [1.82, 2.24) is 10.8 Å². The molecule has 45 heavy (non-hydrogen) atoms. The van der Waals surface area contributed by atoms with E-state index >= 15 is 0 Å². The van der Waals surface area contributed by atoms with Crippen molar-refractivity contribution < 1.29 is 23.2 Å². The lowest BCUT2D eigenvalue weighted by atomic mass is 10.0. The summed E-state index contributed by atoms with van der Waals surface area (Å²) in [4.78, 5) is 26.7. The van der Waals surface area contributed by atoms with Gasteiger partial charge in [0.1, 0.15) is 0 Å². The zero-order valence-corrected chi connectivity index (χ0v) is 30.2. The van der Waals surface area contributed by atoms with Crippen LogP contribution in [0.25, 0.3) is 0 Å². The first-order valence-electron chi connectivity index (χ1n) is 19.4. The van der Waals surface area contributed by atoms with Crippen LogP contribution in [-0.2, 0) is 14.4 Å². The van der Waals surface area contributed by atoms with Crippen LogP contribution >= 0.6 is 0 Å². The van der Waals surface area contributed by atoms with Gasteiger partial charge in [-0.2, -0.15) is 8.78 Å². The lowest BCUT2D eigenvalue weighted by Crippen LogP contribution is -2.27. The predicted molar refractivity (Wildman–Crippen MR) is 188 cm³/mol. The number of nitrogens with one attached hydrogen (secondary N) is 2. The molecule has 7 heteroatoms. The quantitative estimate of drug-likeness (QED) is 0.0415. The van der Waals surface area contributed by atoms with Crippen LogP contribution in [0.3, 0.4) is 0 Å². The highest BCUT2D eigenvalue weighted by Gasteiger charge is 2.07. The molecule has 0 atom stereocenters. The van der Waals surface area contributed by atoms with Gasteiger partial charge in [0.05, 0.1) is 7.11 Å². The Bertz CT molecular complexity index is 593. The minimum Gasteiger partial charge on any atom is -0.300 e. The number of amides is 2. The van der Waals surface area contributed by atoms with Crippen LogP contribution < -0.4 is 10.8 Å². The second-order valence-electron chi connectivity index (χ2n) is 13.0. The Hall–Kier alpha value is -1.24. The average Bonchev–Trinajstić information content (AvgIpc) is 3.01. The van der Waals surface area contributed by atoms with Gasteiger partial charge in [0, 0.05) is 12.8 Å². The lowest BCUT2D eigenvalue weighted by Gasteiger charge is -2.04. The smallest absolute Gasteiger partial charge is 0.300 e. The third-order valence-electron chi connectivity index (χ3n) is 8.50. The third-order valence-corrected chi connectivity index (χ3v) is 8.50. The van der Waals surface area contributed by atoms with Crippen molar-refractivity contribution in [3.8, 4) is 0 Å². The fraction of sp³-hybridized carbons (Fsp3) is 0.947. The maximum Gasteiger partial charge on any atom is 0.315 e. The van der Waals surface area contributed by atoms with Crippen molar-refractivity contribution >= 4 is 11.8 Å². The number of rotatable bonds is 34. The molecular formula is C38H76F2N2O3. The van der Waals surface area contributed by atoms with Gasteiger partial charge >= 0.3 is 6.55 Å². The largest absolute Gasteiger partial charge is 0.315 e. The van der Waals surface area contributed by atoms with Crippen LogP contribution in [0.1, 0.15) is 219 Å². The summed E-state index contributed by atoms with van der Waals surface area (Å²) in [5, 5.41) is 1.62. The molecule has 0 heterocycles. The molecule has 0 aromatic carbocycles. The van der Waals surface area contributed by atoms with Crippen LogP contribution in [0.2, 0.25) is 0 Å². The molecule has 0 aliphatic rings. The average molecular weight is 647 g/mol. The fourth-order valence-corrected chi connectivity index (χ4v) is 5.67. The van der Waals surface area contributed by atoms with E-state index in [9.17, 15) is 18.4 Å². The molecule has 0 saturated carbocycles. The molecular weight excluding hydrogens is 570 g/mol. The molecule has 0 saturated heterocycles. The van der Waals surface area contributed by atoms with E-state index in [0.29, 0.717) is 6.42 Å². The molecule has 0 aromatic rings. The highest BCUT2D eigenvalue weighted by molar-refractivity contribution is 5.75. The molecule has 0 spiro atoms. The van der Waals surface area contributed by atoms with Gasteiger partial charge in [-0.1, -0.05) is 194 Å². The van der Waals surface area contributed by atoms with Crippen molar-refractivity contribution in [2.75, 3.05) is 7.11 Å². The molecule has 0 rings (SSSR count). The Morgan fingerprint density at radius 3 is 0.933 bits per heavy atom. The summed E-state index contributed by atoms with van der Waals surface area (Å²) in [7, 11) is 1.48. The highest BCUT2D eigenvalue weighted by atomic mass is 19.3. The van der Waals surface area contributed by atoms with E-state index in [1.54, 1.807) is 5.32 Å². The third kappa shape index (κ3) is 44.9. The standard InChI is InChI=1S/C19H37F2NO.C19H39NO2/c1-2-3-4-5-6-7-8-9-10-11-12-13-14-15-16-17-18(23)22-19(20)21;1-3-4-5-6-7-8-9-10-11-12-13-14-15-16-17-18-19(21)20-22-2/h19H,2-17H2,1H3,(H,22,23);3-18H2,1-2H3,(H,20,21). The molecule has 0 aromatic heterocycles. The Morgan fingerprint density at radius 2 is 0.689 bits per heavy atom. The van der Waals surface area contributed by atoms with E-state index < -0.39 is 12.5 Å². The summed E-state index contributed by atoms with van der Waals surface area (Å²) in [6, 6.07) is 0. The van der Waals surface area contributed by atoms with Gasteiger partial charge in [-0.25, -0.2) is 5.48 Å². The summed E-state index contributed by atoms with van der Waals surface area (Å²) in [6.45, 7) is 1.81. The van der Waals surface area contributed by atoms with Crippen molar-refractivity contribution in [2.45, 2.75) is 226 Å². The molecule has 5 nitrogen and oxygen atoms in total. The predicted octanol–water partition coefficient (Wildman–Crippen LogP) is 12.5. The van der Waals surface area contributed by atoms with E-state index in [-0.39, 0.29) is 12.3 Å². The fourth-order valence-electron chi connectivity index (χ4n) is 5.67. The zero-order chi connectivity index (χ0) is 33.5. The number of hydrogen-bond donors (Lipinski definition) is 2. The topological polar surface area (TPSA) is 67.4 Å². The molecule has 2 N–H and O–H groups in total.